The lowest BCUT2D eigenvalue weighted by Crippen LogP contribution is -3.09. The number of quaternary nitrogens is 1. The van der Waals surface area contributed by atoms with Crippen molar-refractivity contribution >= 4 is 49.9 Å². The van der Waals surface area contributed by atoms with E-state index >= 15 is 0 Å². The van der Waals surface area contributed by atoms with Crippen LogP contribution in [-0.2, 0) is 11.3 Å². The zero-order valence-electron chi connectivity index (χ0n) is 35.1. The van der Waals surface area contributed by atoms with Crippen molar-refractivity contribution in [2.75, 3.05) is 26.7 Å². The number of dihydropyridines is 1. The fourth-order valence-electron chi connectivity index (χ4n) is 12.7. The van der Waals surface area contributed by atoms with E-state index in [-0.39, 0.29) is 39.6 Å². The standard InChI is InChI=1S/C45H59N9O4S/c1-28(38(46)51-41-49-33-11-6-7-12-34(33)59-41)30-10-8-18-53(39(30)47)35-14-13-31(37(50-35)40(57)58)32-20-48-54(29(32)2)27-45-24-42(3)21-43(4,25-45)23-44(22-42,26-45)16-9-17-52(5)19-15-36(55)56/h6-7,11-14,20,47,50,57-58H,8-10,15-19,21-27H2,1-5H3,(H,55,56)(H2,46,49,51)/p+1/b30-28-,47-39?. The maximum atomic E-state index is 11.1. The van der Waals surface area contributed by atoms with Gasteiger partial charge >= 0.3 is 5.97 Å². The first kappa shape index (κ1) is 40.8. The lowest BCUT2D eigenvalue weighted by atomic mass is 9.35. The molecular weight excluding hydrogens is 763 g/mol. The monoisotopic (exact) mass is 822 g/mol. The minimum atomic E-state index is -0.823. The van der Waals surface area contributed by atoms with Crippen LogP contribution in [0.1, 0.15) is 103 Å². The second-order valence-corrected chi connectivity index (χ2v) is 20.3. The van der Waals surface area contributed by atoms with Gasteiger partial charge in [-0.25, -0.2) is 9.98 Å². The molecular formula is C45H60N9O4S+. The number of para-hydroxylation sites is 1. The average molecular weight is 823 g/mol. The van der Waals surface area contributed by atoms with Crippen LogP contribution in [0.25, 0.3) is 15.8 Å². The van der Waals surface area contributed by atoms with Gasteiger partial charge in [0.2, 0.25) is 5.13 Å². The van der Waals surface area contributed by atoms with E-state index in [1.54, 1.807) is 0 Å². The van der Waals surface area contributed by atoms with Gasteiger partial charge in [-0.05, 0) is 130 Å². The zero-order valence-corrected chi connectivity index (χ0v) is 35.9. The summed E-state index contributed by atoms with van der Waals surface area (Å²) in [5, 5.41) is 48.6. The fraction of sp³-hybridized carbons (Fsp3) is 0.533. The van der Waals surface area contributed by atoms with E-state index in [0.717, 1.165) is 58.6 Å². The number of aliphatic carboxylic acids is 1. The van der Waals surface area contributed by atoms with Gasteiger partial charge in [-0.1, -0.05) is 37.3 Å². The SMILES string of the molecule is CC(=C1\CCCN(C2=CC=C(c3cnn(CC45CC6(C)CC(C)(CC(CCC[NH+](C)CCC(=O)O)(C6)C4)C5)c3C)C(=C(O)O)N2)C1=N)/C(N)=N\c1nc2ccccc2s1. The number of carbonyl (C=O) groups is 1. The summed E-state index contributed by atoms with van der Waals surface area (Å²) in [4.78, 5) is 23.5. The lowest BCUT2D eigenvalue weighted by Gasteiger charge is -2.70. The van der Waals surface area contributed by atoms with E-state index in [4.69, 9.17) is 15.9 Å². The predicted octanol–water partition coefficient (Wildman–Crippen LogP) is 7.13. The van der Waals surface area contributed by atoms with E-state index in [1.165, 1.54) is 61.2 Å². The maximum Gasteiger partial charge on any atom is 0.309 e. The molecule has 5 fully saturated rings. The summed E-state index contributed by atoms with van der Waals surface area (Å²) < 4.78 is 3.19. The summed E-state index contributed by atoms with van der Waals surface area (Å²) in [6, 6.07) is 7.87. The summed E-state index contributed by atoms with van der Waals surface area (Å²) in [5.41, 5.74) is 12.5. The number of carboxylic acid groups (broad SMARTS) is 1. The van der Waals surface area contributed by atoms with Gasteiger partial charge in [0.25, 0.3) is 5.95 Å². The quantitative estimate of drug-likeness (QED) is 0.0534. The number of nitrogens with two attached hydrogens (primary N) is 1. The molecule has 1 saturated heterocycles. The number of aliphatic imine (C=N–C) groups is 1. The largest absolute Gasteiger partial charge is 0.481 e. The molecule has 2 aromatic heterocycles. The Hall–Kier alpha value is -4.95. The fourth-order valence-corrected chi connectivity index (χ4v) is 13.6. The highest BCUT2D eigenvalue weighted by Crippen LogP contribution is 2.75. The Labute approximate surface area is 350 Å². The van der Waals surface area contributed by atoms with Gasteiger partial charge in [0.05, 0.1) is 43.0 Å². The van der Waals surface area contributed by atoms with Crippen molar-refractivity contribution < 1.29 is 25.0 Å². The van der Waals surface area contributed by atoms with Crippen molar-refractivity contribution in [2.24, 2.45) is 32.4 Å². The number of likely N-dealkylation sites (tertiary alicyclic amines) is 1. The minimum Gasteiger partial charge on any atom is -0.481 e. The highest BCUT2D eigenvalue weighted by atomic mass is 32.1. The summed E-state index contributed by atoms with van der Waals surface area (Å²) in [7, 11) is 2.11. The van der Waals surface area contributed by atoms with Gasteiger partial charge in [0, 0.05) is 35.5 Å². The molecule has 3 atom stereocenters. The van der Waals surface area contributed by atoms with Crippen LogP contribution in [0.3, 0.4) is 0 Å². The molecule has 4 bridgehead atoms. The molecule has 1 aromatic carbocycles. The van der Waals surface area contributed by atoms with Crippen LogP contribution in [0, 0.1) is 34.0 Å². The Morgan fingerprint density at radius 2 is 1.78 bits per heavy atom. The second-order valence-electron chi connectivity index (χ2n) is 19.3. The molecule has 2 aliphatic heterocycles. The first-order valence-corrected chi connectivity index (χ1v) is 21.9. The molecule has 59 heavy (non-hydrogen) atoms. The van der Waals surface area contributed by atoms with Crippen LogP contribution >= 0.6 is 11.3 Å². The molecule has 3 unspecified atom stereocenters. The number of piperidine rings is 1. The van der Waals surface area contributed by atoms with E-state index in [0.29, 0.717) is 41.9 Å². The number of aliphatic hydroxyl groups is 2. The summed E-state index contributed by atoms with van der Waals surface area (Å²) in [5.74, 6) is -0.369. The number of amidine groups is 2. The van der Waals surface area contributed by atoms with E-state index < -0.39 is 11.9 Å². The third-order valence-electron chi connectivity index (χ3n) is 13.9. The predicted molar refractivity (Wildman–Crippen MR) is 233 cm³/mol. The van der Waals surface area contributed by atoms with Gasteiger partial charge in [-0.2, -0.15) is 5.10 Å². The first-order valence-electron chi connectivity index (χ1n) is 21.1. The lowest BCUT2D eigenvalue weighted by molar-refractivity contribution is -0.879. The van der Waals surface area contributed by atoms with Gasteiger partial charge < -0.3 is 36.2 Å². The number of hydrogen-bond acceptors (Lipinski definition) is 9. The molecule has 0 spiro atoms. The Bertz CT molecular complexity index is 2290. The number of nitrogens with zero attached hydrogens (tertiary/aromatic N) is 5. The van der Waals surface area contributed by atoms with Crippen LogP contribution in [-0.4, -0.2) is 79.3 Å². The summed E-state index contributed by atoms with van der Waals surface area (Å²) in [6.07, 6.45) is 16.9. The molecule has 4 heterocycles. The molecule has 0 radical (unpaired) electrons. The van der Waals surface area contributed by atoms with Gasteiger partial charge in [-0.3, -0.25) is 14.9 Å². The van der Waals surface area contributed by atoms with Gasteiger partial charge in [0.15, 0.2) is 0 Å². The molecule has 3 aromatic rings. The van der Waals surface area contributed by atoms with E-state index in [1.807, 2.05) is 54.4 Å². The number of rotatable bonds is 13. The number of aliphatic hydroxyl groups excluding tert-OH is 1. The Morgan fingerprint density at radius 1 is 1.05 bits per heavy atom. The second kappa shape index (κ2) is 15.3. The number of carboxylic acids is 1. The van der Waals surface area contributed by atoms with Crippen molar-refractivity contribution in [1.82, 2.24) is 25.0 Å². The zero-order chi connectivity index (χ0) is 41.9. The van der Waals surface area contributed by atoms with Gasteiger partial charge in [0.1, 0.15) is 23.2 Å². The highest BCUT2D eigenvalue weighted by molar-refractivity contribution is 7.22. The first-order chi connectivity index (χ1) is 28.0. The van der Waals surface area contributed by atoms with Crippen LogP contribution in [0.2, 0.25) is 0 Å². The van der Waals surface area contributed by atoms with Crippen molar-refractivity contribution in [3.05, 3.63) is 82.5 Å². The molecule has 6 aliphatic rings. The van der Waals surface area contributed by atoms with Crippen molar-refractivity contribution in [3.8, 4) is 0 Å². The van der Waals surface area contributed by atoms with Crippen LogP contribution in [0.15, 0.2) is 76.2 Å². The normalized spacial score (nSPS) is 29.4. The van der Waals surface area contributed by atoms with E-state index in [9.17, 15) is 20.4 Å². The van der Waals surface area contributed by atoms with Crippen molar-refractivity contribution in [1.29, 1.82) is 5.41 Å². The van der Waals surface area contributed by atoms with Crippen LogP contribution in [0.5, 0.6) is 0 Å². The molecule has 314 valence electrons. The molecule has 4 saturated carbocycles. The Morgan fingerprint density at radius 3 is 2.49 bits per heavy atom. The minimum absolute atomic E-state index is 0.124. The maximum absolute atomic E-state index is 11.1. The number of benzene rings is 1. The number of fused-ring (bicyclic) bond motifs is 1. The van der Waals surface area contributed by atoms with Gasteiger partial charge in [-0.15, -0.1) is 0 Å². The number of hydrogen-bond donors (Lipinski definition) is 7. The number of aromatic nitrogens is 3. The molecule has 14 heteroatoms. The highest BCUT2D eigenvalue weighted by Gasteiger charge is 2.65. The smallest absolute Gasteiger partial charge is 0.309 e. The summed E-state index contributed by atoms with van der Waals surface area (Å²) >= 11 is 1.47. The molecule has 4 aliphatic carbocycles. The van der Waals surface area contributed by atoms with Crippen LogP contribution in [0.4, 0.5) is 5.13 Å². The molecule has 0 amide bonds. The average Bonchev–Trinajstić information content (AvgIpc) is 3.73. The van der Waals surface area contributed by atoms with E-state index in [2.05, 4.69) is 47.8 Å². The van der Waals surface area contributed by atoms with Crippen molar-refractivity contribution in [2.45, 2.75) is 105 Å². The summed E-state index contributed by atoms with van der Waals surface area (Å²) in [6.45, 7) is 12.0. The number of nitrogens with one attached hydrogen (secondary N) is 3. The third kappa shape index (κ3) is 8.05. The van der Waals surface area contributed by atoms with Crippen LogP contribution < -0.4 is 16.0 Å². The number of thiazole rings is 1. The molecule has 9 rings (SSSR count). The topological polar surface area (TPSA) is 190 Å². The molecule has 13 nitrogen and oxygen atoms in total. The Balaban J connectivity index is 1.01. The number of allylic oxidation sites excluding steroid dienone is 3. The van der Waals surface area contributed by atoms with Crippen molar-refractivity contribution in [3.63, 3.8) is 0 Å². The Kier molecular flexibility index (Phi) is 10.6. The third-order valence-corrected chi connectivity index (χ3v) is 14.8. The molecule has 8 N–H and O–H groups in total.